The molecular formula is C11H10Cl2N2O2. The summed E-state index contributed by atoms with van der Waals surface area (Å²) in [7, 11) is 0. The topological polar surface area (TPSA) is 54.9 Å². The Bertz CT molecular complexity index is 701. The molecule has 0 saturated heterocycles. The molecule has 17 heavy (non-hydrogen) atoms. The molecule has 0 saturated carbocycles. The zero-order chi connectivity index (χ0) is 12.7. The predicted octanol–water partition coefficient (Wildman–Crippen LogP) is 2.58. The van der Waals surface area contributed by atoms with Crippen molar-refractivity contribution in [1.29, 1.82) is 0 Å². The highest BCUT2D eigenvalue weighted by Crippen LogP contribution is 2.26. The number of benzene rings is 1. The van der Waals surface area contributed by atoms with Crippen LogP contribution in [0, 0.1) is 0 Å². The molecule has 0 aliphatic rings. The van der Waals surface area contributed by atoms with Crippen LogP contribution in [0.3, 0.4) is 0 Å². The normalized spacial score (nSPS) is 11.4. The van der Waals surface area contributed by atoms with Crippen molar-refractivity contribution in [2.45, 2.75) is 19.9 Å². The second-order valence-corrected chi connectivity index (χ2v) is 4.82. The number of fused-ring (bicyclic) bond motifs is 1. The number of aromatic nitrogens is 2. The molecule has 1 aromatic carbocycles. The molecule has 0 spiro atoms. The molecule has 1 aromatic heterocycles. The van der Waals surface area contributed by atoms with Gasteiger partial charge in [-0.2, -0.15) is 0 Å². The third-order valence-corrected chi connectivity index (χ3v) is 3.20. The highest BCUT2D eigenvalue weighted by atomic mass is 35.5. The standard InChI is InChI=1S/C11H10Cl2N2O2/c1-5(2)15-9-4-7(13)6(12)3-8(9)14-10(16)11(15)17/h3-5H,1-2H3,(H,14,16). The van der Waals surface area contributed by atoms with Crippen LogP contribution >= 0.6 is 23.2 Å². The van der Waals surface area contributed by atoms with E-state index in [1.165, 1.54) is 4.57 Å². The van der Waals surface area contributed by atoms with Gasteiger partial charge in [0.05, 0.1) is 21.1 Å². The quantitative estimate of drug-likeness (QED) is 0.812. The molecule has 2 aromatic rings. The lowest BCUT2D eigenvalue weighted by Gasteiger charge is -2.13. The number of rotatable bonds is 1. The molecule has 4 nitrogen and oxygen atoms in total. The first-order valence-electron chi connectivity index (χ1n) is 5.05. The molecule has 0 aliphatic carbocycles. The Kier molecular flexibility index (Phi) is 3.02. The minimum absolute atomic E-state index is 0.135. The summed E-state index contributed by atoms with van der Waals surface area (Å²) in [6, 6.07) is 2.99. The molecule has 0 atom stereocenters. The number of nitrogens with zero attached hydrogens (tertiary/aromatic N) is 1. The van der Waals surface area contributed by atoms with E-state index in [1.54, 1.807) is 12.1 Å². The van der Waals surface area contributed by atoms with Gasteiger partial charge in [-0.1, -0.05) is 23.2 Å². The maximum Gasteiger partial charge on any atom is 0.316 e. The second kappa shape index (κ2) is 4.20. The van der Waals surface area contributed by atoms with Crippen molar-refractivity contribution in [2.75, 3.05) is 0 Å². The molecule has 1 heterocycles. The highest BCUT2D eigenvalue weighted by molar-refractivity contribution is 6.42. The van der Waals surface area contributed by atoms with Gasteiger partial charge in [0.2, 0.25) is 0 Å². The molecular weight excluding hydrogens is 263 g/mol. The van der Waals surface area contributed by atoms with Gasteiger partial charge in [0.15, 0.2) is 0 Å². The SMILES string of the molecule is CC(C)n1c(=O)c(=O)[nH]c2cc(Cl)c(Cl)cc21. The van der Waals surface area contributed by atoms with E-state index in [9.17, 15) is 9.59 Å². The lowest BCUT2D eigenvalue weighted by Crippen LogP contribution is -2.37. The average Bonchev–Trinajstić information content (AvgIpc) is 2.23. The van der Waals surface area contributed by atoms with Crippen LogP contribution in [0.2, 0.25) is 10.0 Å². The molecule has 0 radical (unpaired) electrons. The monoisotopic (exact) mass is 272 g/mol. The van der Waals surface area contributed by atoms with Crippen molar-refractivity contribution >= 4 is 34.2 Å². The van der Waals surface area contributed by atoms with E-state index in [0.717, 1.165) is 0 Å². The maximum absolute atomic E-state index is 11.8. The van der Waals surface area contributed by atoms with Crippen molar-refractivity contribution in [3.05, 3.63) is 42.9 Å². The minimum atomic E-state index is -0.662. The summed E-state index contributed by atoms with van der Waals surface area (Å²) in [5.74, 6) is 0. The molecule has 1 N–H and O–H groups in total. The largest absolute Gasteiger partial charge is 0.316 e. The van der Waals surface area contributed by atoms with Crippen molar-refractivity contribution in [2.24, 2.45) is 0 Å². The number of aromatic amines is 1. The fourth-order valence-corrected chi connectivity index (χ4v) is 2.06. The van der Waals surface area contributed by atoms with Gasteiger partial charge in [0.25, 0.3) is 0 Å². The van der Waals surface area contributed by atoms with Crippen LogP contribution in [0.1, 0.15) is 19.9 Å². The molecule has 0 bridgehead atoms. The van der Waals surface area contributed by atoms with Crippen molar-refractivity contribution in [3.63, 3.8) is 0 Å². The number of hydrogen-bond acceptors (Lipinski definition) is 2. The maximum atomic E-state index is 11.8. The van der Waals surface area contributed by atoms with E-state index in [1.807, 2.05) is 13.8 Å². The van der Waals surface area contributed by atoms with Crippen LogP contribution in [0.4, 0.5) is 0 Å². The van der Waals surface area contributed by atoms with E-state index >= 15 is 0 Å². The summed E-state index contributed by atoms with van der Waals surface area (Å²) < 4.78 is 1.40. The van der Waals surface area contributed by atoms with Crippen molar-refractivity contribution in [1.82, 2.24) is 9.55 Å². The zero-order valence-corrected chi connectivity index (χ0v) is 10.8. The van der Waals surface area contributed by atoms with Gasteiger partial charge in [-0.05, 0) is 26.0 Å². The smallest absolute Gasteiger partial charge is 0.316 e. The fourth-order valence-electron chi connectivity index (χ4n) is 1.74. The summed E-state index contributed by atoms with van der Waals surface area (Å²) in [4.78, 5) is 25.7. The zero-order valence-electron chi connectivity index (χ0n) is 9.25. The van der Waals surface area contributed by atoms with Gasteiger partial charge in [0.1, 0.15) is 0 Å². The van der Waals surface area contributed by atoms with Gasteiger partial charge < -0.3 is 4.98 Å². The lowest BCUT2D eigenvalue weighted by atomic mass is 10.2. The molecule has 0 fully saturated rings. The first-order chi connectivity index (χ1) is 7.91. The number of hydrogen-bond donors (Lipinski definition) is 1. The summed E-state index contributed by atoms with van der Waals surface area (Å²) in [6.07, 6.45) is 0. The lowest BCUT2D eigenvalue weighted by molar-refractivity contribution is 0.593. The third-order valence-electron chi connectivity index (χ3n) is 2.48. The van der Waals surface area contributed by atoms with E-state index in [0.29, 0.717) is 21.1 Å². The molecule has 0 aliphatic heterocycles. The van der Waals surface area contributed by atoms with E-state index in [-0.39, 0.29) is 6.04 Å². The first kappa shape index (κ1) is 12.2. The Morgan fingerprint density at radius 2 is 1.76 bits per heavy atom. The second-order valence-electron chi connectivity index (χ2n) is 4.01. The van der Waals surface area contributed by atoms with E-state index in [2.05, 4.69) is 4.98 Å². The number of halogens is 2. The summed E-state index contributed by atoms with van der Waals surface area (Å²) in [5.41, 5.74) is -0.188. The van der Waals surface area contributed by atoms with E-state index < -0.39 is 11.1 Å². The number of nitrogens with one attached hydrogen (secondary N) is 1. The molecule has 2 rings (SSSR count). The minimum Gasteiger partial charge on any atom is -0.316 e. The van der Waals surface area contributed by atoms with Gasteiger partial charge in [-0.3, -0.25) is 14.2 Å². The van der Waals surface area contributed by atoms with Crippen LogP contribution in [0.15, 0.2) is 21.7 Å². The Labute approximate surface area is 107 Å². The van der Waals surface area contributed by atoms with Gasteiger partial charge in [0, 0.05) is 6.04 Å². The summed E-state index contributed by atoms with van der Waals surface area (Å²) in [6.45, 7) is 3.64. The van der Waals surface area contributed by atoms with E-state index in [4.69, 9.17) is 23.2 Å². The molecule has 6 heteroatoms. The van der Waals surface area contributed by atoms with Gasteiger partial charge in [-0.25, -0.2) is 0 Å². The van der Waals surface area contributed by atoms with Crippen molar-refractivity contribution in [3.8, 4) is 0 Å². The van der Waals surface area contributed by atoms with Crippen LogP contribution < -0.4 is 11.1 Å². The van der Waals surface area contributed by atoms with Gasteiger partial charge >= 0.3 is 11.1 Å². The fraction of sp³-hybridized carbons (Fsp3) is 0.273. The Balaban J connectivity index is 3.04. The molecule has 0 unspecified atom stereocenters. The highest BCUT2D eigenvalue weighted by Gasteiger charge is 2.12. The Morgan fingerprint density at radius 3 is 2.35 bits per heavy atom. The average molecular weight is 273 g/mol. The first-order valence-corrected chi connectivity index (χ1v) is 5.81. The van der Waals surface area contributed by atoms with Crippen LogP contribution in [-0.4, -0.2) is 9.55 Å². The van der Waals surface area contributed by atoms with Crippen LogP contribution in [-0.2, 0) is 0 Å². The number of H-pyrrole nitrogens is 1. The predicted molar refractivity (Wildman–Crippen MR) is 69.2 cm³/mol. The Morgan fingerprint density at radius 1 is 1.18 bits per heavy atom. The van der Waals surface area contributed by atoms with Crippen molar-refractivity contribution < 1.29 is 0 Å². The summed E-state index contributed by atoms with van der Waals surface area (Å²) >= 11 is 11.8. The summed E-state index contributed by atoms with van der Waals surface area (Å²) in [5, 5.41) is 0.684. The third kappa shape index (κ3) is 1.98. The molecule has 90 valence electrons. The molecule has 0 amide bonds. The Hall–Kier alpha value is -1.26. The van der Waals surface area contributed by atoms with Gasteiger partial charge in [-0.15, -0.1) is 0 Å². The van der Waals surface area contributed by atoms with Crippen LogP contribution in [0.5, 0.6) is 0 Å². The van der Waals surface area contributed by atoms with Crippen LogP contribution in [0.25, 0.3) is 11.0 Å².